The van der Waals surface area contributed by atoms with E-state index in [4.69, 9.17) is 4.98 Å². The van der Waals surface area contributed by atoms with Crippen molar-refractivity contribution in [1.82, 2.24) is 9.55 Å². The predicted octanol–water partition coefficient (Wildman–Crippen LogP) is 4.56. The number of amides is 2. The molecular formula is C24H22N4O2. The lowest BCUT2D eigenvalue weighted by Gasteiger charge is -2.10. The lowest BCUT2D eigenvalue weighted by Crippen LogP contribution is -2.14. The lowest BCUT2D eigenvalue weighted by molar-refractivity contribution is -0.116. The summed E-state index contributed by atoms with van der Waals surface area (Å²) in [4.78, 5) is 28.3. The van der Waals surface area contributed by atoms with Crippen molar-refractivity contribution in [2.45, 2.75) is 19.8 Å². The van der Waals surface area contributed by atoms with E-state index in [1.165, 1.54) is 6.92 Å². The molecule has 2 N–H and O–H groups in total. The van der Waals surface area contributed by atoms with E-state index < -0.39 is 0 Å². The maximum Gasteiger partial charge on any atom is 0.224 e. The van der Waals surface area contributed by atoms with Crippen LogP contribution in [0.2, 0.25) is 0 Å². The molecular weight excluding hydrogens is 376 g/mol. The van der Waals surface area contributed by atoms with Crippen molar-refractivity contribution in [1.29, 1.82) is 0 Å². The summed E-state index contributed by atoms with van der Waals surface area (Å²) in [7, 11) is 0. The van der Waals surface area contributed by atoms with Gasteiger partial charge in [0.05, 0.1) is 11.0 Å². The highest BCUT2D eigenvalue weighted by Gasteiger charge is 2.13. The van der Waals surface area contributed by atoms with Gasteiger partial charge >= 0.3 is 0 Å². The van der Waals surface area contributed by atoms with Crippen molar-refractivity contribution < 1.29 is 9.59 Å². The van der Waals surface area contributed by atoms with E-state index in [2.05, 4.69) is 15.2 Å². The zero-order valence-corrected chi connectivity index (χ0v) is 16.6. The lowest BCUT2D eigenvalue weighted by atomic mass is 10.2. The van der Waals surface area contributed by atoms with E-state index >= 15 is 0 Å². The van der Waals surface area contributed by atoms with Gasteiger partial charge in [-0.3, -0.25) is 14.2 Å². The number of aryl methyl sites for hydroxylation is 1. The van der Waals surface area contributed by atoms with Crippen LogP contribution in [0.25, 0.3) is 16.7 Å². The van der Waals surface area contributed by atoms with Crippen LogP contribution in [0.4, 0.5) is 11.4 Å². The molecule has 2 amide bonds. The van der Waals surface area contributed by atoms with Gasteiger partial charge in [0.1, 0.15) is 5.82 Å². The number of carbonyl (C=O) groups is 2. The number of benzene rings is 3. The minimum atomic E-state index is -0.131. The highest BCUT2D eigenvalue weighted by Crippen LogP contribution is 2.22. The fourth-order valence-corrected chi connectivity index (χ4v) is 3.40. The molecule has 0 radical (unpaired) electrons. The van der Waals surface area contributed by atoms with Crippen LogP contribution in [0, 0.1) is 0 Å². The number of aromatic nitrogens is 2. The van der Waals surface area contributed by atoms with Gasteiger partial charge in [0.25, 0.3) is 0 Å². The standard InChI is InChI=1S/C24H22N4O2/c1-17(29)25-18-11-13-19(14-12-18)26-24(30)16-15-23-27-21-9-5-6-10-22(21)28(23)20-7-3-2-4-8-20/h2-14H,15-16H2,1H3,(H,25,29)(H,26,30). The summed E-state index contributed by atoms with van der Waals surface area (Å²) in [6.45, 7) is 1.46. The van der Waals surface area contributed by atoms with E-state index in [0.29, 0.717) is 24.2 Å². The van der Waals surface area contributed by atoms with Crippen LogP contribution >= 0.6 is 0 Å². The van der Waals surface area contributed by atoms with Crippen molar-refractivity contribution in [3.8, 4) is 5.69 Å². The molecule has 0 saturated carbocycles. The molecule has 1 aromatic heterocycles. The maximum absolute atomic E-state index is 12.5. The molecule has 6 nitrogen and oxygen atoms in total. The number of nitrogens with zero attached hydrogens (tertiary/aromatic N) is 2. The fourth-order valence-electron chi connectivity index (χ4n) is 3.40. The minimum absolute atomic E-state index is 0.0889. The van der Waals surface area contributed by atoms with E-state index in [0.717, 1.165) is 22.5 Å². The van der Waals surface area contributed by atoms with Crippen LogP contribution in [0.3, 0.4) is 0 Å². The summed E-state index contributed by atoms with van der Waals surface area (Å²) in [5.41, 5.74) is 4.33. The Balaban J connectivity index is 1.48. The highest BCUT2D eigenvalue weighted by molar-refractivity contribution is 5.92. The molecule has 3 aromatic carbocycles. The Morgan fingerprint density at radius 1 is 0.833 bits per heavy atom. The van der Waals surface area contributed by atoms with Gasteiger partial charge < -0.3 is 10.6 Å². The average Bonchev–Trinajstić information content (AvgIpc) is 3.12. The largest absolute Gasteiger partial charge is 0.326 e. The van der Waals surface area contributed by atoms with Crippen LogP contribution in [0.15, 0.2) is 78.9 Å². The number of hydrogen-bond acceptors (Lipinski definition) is 3. The number of rotatable bonds is 6. The van der Waals surface area contributed by atoms with Crippen molar-refractivity contribution in [2.75, 3.05) is 10.6 Å². The van der Waals surface area contributed by atoms with Crippen LogP contribution in [0.1, 0.15) is 19.2 Å². The van der Waals surface area contributed by atoms with E-state index in [1.54, 1.807) is 24.3 Å². The first-order valence-corrected chi connectivity index (χ1v) is 9.79. The number of imidazole rings is 1. The Labute approximate surface area is 174 Å². The first kappa shape index (κ1) is 19.4. The molecule has 4 rings (SSSR count). The SMILES string of the molecule is CC(=O)Nc1ccc(NC(=O)CCc2nc3ccccc3n2-c2ccccc2)cc1. The molecule has 1 heterocycles. The zero-order chi connectivity index (χ0) is 20.9. The molecule has 6 heteroatoms. The second-order valence-electron chi connectivity index (χ2n) is 6.99. The fraction of sp³-hybridized carbons (Fsp3) is 0.125. The number of hydrogen-bond donors (Lipinski definition) is 2. The third-order valence-electron chi connectivity index (χ3n) is 4.71. The summed E-state index contributed by atoms with van der Waals surface area (Å²) in [5, 5.41) is 5.60. The molecule has 0 bridgehead atoms. The van der Waals surface area contributed by atoms with Crippen LogP contribution in [-0.2, 0) is 16.0 Å². The van der Waals surface area contributed by atoms with E-state index in [-0.39, 0.29) is 11.8 Å². The molecule has 0 unspecified atom stereocenters. The number of para-hydroxylation sites is 3. The Kier molecular flexibility index (Phi) is 5.57. The molecule has 0 aliphatic carbocycles. The molecule has 0 spiro atoms. The van der Waals surface area contributed by atoms with Gasteiger partial charge in [0.2, 0.25) is 11.8 Å². The summed E-state index contributed by atoms with van der Waals surface area (Å²) < 4.78 is 2.10. The Hall–Kier alpha value is -3.93. The van der Waals surface area contributed by atoms with Crippen molar-refractivity contribution >= 4 is 34.2 Å². The smallest absolute Gasteiger partial charge is 0.224 e. The van der Waals surface area contributed by atoms with Crippen LogP contribution in [-0.4, -0.2) is 21.4 Å². The molecule has 30 heavy (non-hydrogen) atoms. The maximum atomic E-state index is 12.5. The molecule has 0 aliphatic heterocycles. The first-order chi connectivity index (χ1) is 14.6. The van der Waals surface area contributed by atoms with E-state index in [9.17, 15) is 9.59 Å². The normalized spacial score (nSPS) is 10.7. The predicted molar refractivity (Wildman–Crippen MR) is 119 cm³/mol. The molecule has 0 atom stereocenters. The summed E-state index contributed by atoms with van der Waals surface area (Å²) in [5.74, 6) is 0.626. The van der Waals surface area contributed by atoms with Crippen molar-refractivity contribution in [2.24, 2.45) is 0 Å². The summed E-state index contributed by atoms with van der Waals surface area (Å²) in [6, 6.07) is 25.1. The second kappa shape index (κ2) is 8.61. The molecule has 0 fully saturated rings. The van der Waals surface area contributed by atoms with Gasteiger partial charge in [-0.15, -0.1) is 0 Å². The molecule has 4 aromatic rings. The minimum Gasteiger partial charge on any atom is -0.326 e. The second-order valence-corrected chi connectivity index (χ2v) is 6.99. The highest BCUT2D eigenvalue weighted by atomic mass is 16.2. The van der Waals surface area contributed by atoms with Gasteiger partial charge in [-0.1, -0.05) is 30.3 Å². The third kappa shape index (κ3) is 4.38. The van der Waals surface area contributed by atoms with Gasteiger partial charge in [0, 0.05) is 36.8 Å². The molecule has 0 aliphatic rings. The average molecular weight is 398 g/mol. The summed E-state index contributed by atoms with van der Waals surface area (Å²) >= 11 is 0. The molecule has 0 saturated heterocycles. The van der Waals surface area contributed by atoms with Crippen LogP contribution < -0.4 is 10.6 Å². The number of anilines is 2. The van der Waals surface area contributed by atoms with Gasteiger partial charge in [-0.25, -0.2) is 4.98 Å². The Morgan fingerprint density at radius 3 is 2.17 bits per heavy atom. The quantitative estimate of drug-likeness (QED) is 0.500. The topological polar surface area (TPSA) is 76.0 Å². The zero-order valence-electron chi connectivity index (χ0n) is 16.6. The van der Waals surface area contributed by atoms with Gasteiger partial charge in [0.15, 0.2) is 0 Å². The molecule has 150 valence electrons. The van der Waals surface area contributed by atoms with Gasteiger partial charge in [-0.2, -0.15) is 0 Å². The number of carbonyl (C=O) groups excluding carboxylic acids is 2. The Bertz CT molecular complexity index is 1180. The monoisotopic (exact) mass is 398 g/mol. The van der Waals surface area contributed by atoms with Crippen LogP contribution in [0.5, 0.6) is 0 Å². The number of nitrogens with one attached hydrogen (secondary N) is 2. The van der Waals surface area contributed by atoms with Gasteiger partial charge in [-0.05, 0) is 48.5 Å². The van der Waals surface area contributed by atoms with E-state index in [1.807, 2.05) is 54.6 Å². The first-order valence-electron chi connectivity index (χ1n) is 9.79. The van der Waals surface area contributed by atoms with Crippen molar-refractivity contribution in [3.63, 3.8) is 0 Å². The van der Waals surface area contributed by atoms with Crippen molar-refractivity contribution in [3.05, 3.63) is 84.7 Å². The number of fused-ring (bicyclic) bond motifs is 1. The summed E-state index contributed by atoms with van der Waals surface area (Å²) in [6.07, 6.45) is 0.822. The Morgan fingerprint density at radius 2 is 1.47 bits per heavy atom. The third-order valence-corrected chi connectivity index (χ3v) is 4.71.